The number of quaternary nitrogens is 1. The Hall–Kier alpha value is -2.19. The smallest absolute Gasteiger partial charge is 0.349 e. The van der Waals surface area contributed by atoms with Gasteiger partial charge in [-0.2, -0.15) is 0 Å². The van der Waals surface area contributed by atoms with Crippen LogP contribution in [0.15, 0.2) is 65.4 Å². The van der Waals surface area contributed by atoms with E-state index in [1.54, 1.807) is 0 Å². The van der Waals surface area contributed by atoms with E-state index < -0.39 is 11.6 Å². The van der Waals surface area contributed by atoms with Crippen LogP contribution in [0.5, 0.6) is 5.75 Å². The number of fused-ring (bicyclic) bond motifs is 2. The van der Waals surface area contributed by atoms with Crippen molar-refractivity contribution in [3.8, 4) is 5.75 Å². The van der Waals surface area contributed by atoms with Crippen molar-refractivity contribution in [1.29, 1.82) is 0 Å². The van der Waals surface area contributed by atoms with Gasteiger partial charge in [-0.1, -0.05) is 30.3 Å². The van der Waals surface area contributed by atoms with Crippen molar-refractivity contribution in [2.24, 2.45) is 11.8 Å². The van der Waals surface area contributed by atoms with Crippen molar-refractivity contribution in [2.75, 3.05) is 27.2 Å². The van der Waals surface area contributed by atoms with Crippen LogP contribution in [0.2, 0.25) is 0 Å². The second-order valence-corrected chi connectivity index (χ2v) is 11.9. The number of aliphatic hydroxyl groups is 1. The Bertz CT molecular complexity index is 1050. The summed E-state index contributed by atoms with van der Waals surface area (Å²) >= 11 is 2.76. The van der Waals surface area contributed by atoms with E-state index in [-0.39, 0.29) is 6.10 Å². The lowest BCUT2D eigenvalue weighted by molar-refractivity contribution is -0.918. The van der Waals surface area contributed by atoms with Gasteiger partial charge in [0.15, 0.2) is 0 Å². The van der Waals surface area contributed by atoms with Crippen molar-refractivity contribution < 1.29 is 23.9 Å². The van der Waals surface area contributed by atoms with Crippen LogP contribution in [-0.2, 0) is 15.1 Å². The molecule has 0 spiro atoms. The number of ether oxygens (including phenoxy) is 2. The molecule has 180 valence electrons. The molecule has 2 heterocycles. The van der Waals surface area contributed by atoms with Crippen LogP contribution >= 0.6 is 22.7 Å². The zero-order valence-electron chi connectivity index (χ0n) is 19.6. The lowest BCUT2D eigenvalue weighted by Crippen LogP contribution is -2.54. The molecule has 0 amide bonds. The summed E-state index contributed by atoms with van der Waals surface area (Å²) in [5.41, 5.74) is -1.74. The van der Waals surface area contributed by atoms with Gasteiger partial charge in [0.05, 0.1) is 29.9 Å². The molecule has 1 aromatic carbocycles. The van der Waals surface area contributed by atoms with Gasteiger partial charge in [-0.05, 0) is 47.9 Å². The maximum Gasteiger partial charge on any atom is 0.349 e. The molecule has 7 heteroatoms. The van der Waals surface area contributed by atoms with E-state index >= 15 is 0 Å². The van der Waals surface area contributed by atoms with Crippen LogP contribution in [0.4, 0.5) is 0 Å². The Morgan fingerprint density at radius 1 is 1.03 bits per heavy atom. The SMILES string of the molecule is C[N+](C)(CCOc1ccccc1)C1CC2CCC1C2OC(=O)C(O)(c1cccs1)c1cccs1. The average molecular weight is 499 g/mol. The number of benzene rings is 1. The number of likely N-dealkylation sites (N-methyl/N-ethyl adjacent to an activating group) is 1. The molecule has 1 N–H and O–H groups in total. The zero-order chi connectivity index (χ0) is 23.8. The van der Waals surface area contributed by atoms with Gasteiger partial charge in [-0.25, -0.2) is 4.79 Å². The summed E-state index contributed by atoms with van der Waals surface area (Å²) in [5.74, 6) is 1.00. The first-order valence-electron chi connectivity index (χ1n) is 11.9. The molecule has 2 saturated carbocycles. The first kappa shape index (κ1) is 23.5. The maximum absolute atomic E-state index is 13.5. The minimum absolute atomic E-state index is 0.142. The highest BCUT2D eigenvalue weighted by Gasteiger charge is 2.57. The van der Waals surface area contributed by atoms with Crippen LogP contribution in [-0.4, -0.2) is 55.0 Å². The van der Waals surface area contributed by atoms with Crippen molar-refractivity contribution >= 4 is 28.6 Å². The van der Waals surface area contributed by atoms with Crippen molar-refractivity contribution in [3.05, 3.63) is 75.1 Å². The third kappa shape index (κ3) is 4.31. The van der Waals surface area contributed by atoms with Gasteiger partial charge in [-0.15, -0.1) is 22.7 Å². The van der Waals surface area contributed by atoms with Crippen LogP contribution in [0.25, 0.3) is 0 Å². The molecule has 3 aromatic rings. The molecule has 0 saturated heterocycles. The highest BCUT2D eigenvalue weighted by Crippen LogP contribution is 2.50. The fourth-order valence-corrected chi connectivity index (χ4v) is 7.52. The number of esters is 1. The summed E-state index contributed by atoms with van der Waals surface area (Å²) < 4.78 is 13.0. The number of hydrogen-bond donors (Lipinski definition) is 1. The first-order chi connectivity index (χ1) is 16.4. The van der Waals surface area contributed by atoms with Crippen molar-refractivity contribution in [3.63, 3.8) is 0 Å². The number of carbonyl (C=O) groups excluding carboxylic acids is 1. The minimum Gasteiger partial charge on any atom is -0.488 e. The Labute approximate surface area is 209 Å². The van der Waals surface area contributed by atoms with E-state index in [1.807, 2.05) is 65.4 Å². The van der Waals surface area contributed by atoms with Crippen LogP contribution in [0.3, 0.4) is 0 Å². The van der Waals surface area contributed by atoms with E-state index in [2.05, 4.69) is 14.1 Å². The molecule has 4 unspecified atom stereocenters. The quantitative estimate of drug-likeness (QED) is 0.336. The molecule has 0 radical (unpaired) electrons. The van der Waals surface area contributed by atoms with E-state index in [9.17, 15) is 9.90 Å². The summed E-state index contributed by atoms with van der Waals surface area (Å²) in [7, 11) is 4.51. The zero-order valence-corrected chi connectivity index (χ0v) is 21.3. The standard InChI is InChI=1S/C27H32NO4S2/c1-28(2,14-15-31-20-8-4-3-5-9-20)22-18-19-12-13-21(22)25(19)32-26(29)27(30,23-10-6-16-33-23)24-11-7-17-34-24/h3-11,16-17,19,21-22,25,30H,12-15,18H2,1-2H3/q+1. The number of hydrogen-bond acceptors (Lipinski definition) is 6. The Balaban J connectivity index is 1.28. The molecule has 2 aliphatic rings. The normalized spacial score (nSPS) is 24.3. The molecule has 2 fully saturated rings. The number of nitrogens with zero attached hydrogens (tertiary/aromatic N) is 1. The van der Waals surface area contributed by atoms with Crippen molar-refractivity contribution in [2.45, 2.75) is 37.0 Å². The van der Waals surface area contributed by atoms with Crippen LogP contribution in [0, 0.1) is 11.8 Å². The highest BCUT2D eigenvalue weighted by atomic mass is 32.1. The summed E-state index contributed by atoms with van der Waals surface area (Å²) in [6, 6.07) is 17.7. The topological polar surface area (TPSA) is 55.8 Å². The van der Waals surface area contributed by atoms with Gasteiger partial charge in [0, 0.05) is 18.3 Å². The summed E-state index contributed by atoms with van der Waals surface area (Å²) in [5, 5.41) is 15.4. The van der Waals surface area contributed by atoms with Crippen LogP contribution < -0.4 is 4.74 Å². The fourth-order valence-electron chi connectivity index (χ4n) is 5.80. The molecule has 4 atom stereocenters. The first-order valence-corrected chi connectivity index (χ1v) is 13.7. The van der Waals surface area contributed by atoms with E-state index in [0.29, 0.717) is 34.2 Å². The molecular weight excluding hydrogens is 466 g/mol. The third-order valence-corrected chi connectivity index (χ3v) is 9.62. The summed E-state index contributed by atoms with van der Waals surface area (Å²) in [4.78, 5) is 14.8. The van der Waals surface area contributed by atoms with Gasteiger partial charge < -0.3 is 19.1 Å². The van der Waals surface area contributed by atoms with E-state index in [0.717, 1.165) is 36.0 Å². The molecular formula is C27H32NO4S2+. The van der Waals surface area contributed by atoms with E-state index in [4.69, 9.17) is 9.47 Å². The Kier molecular flexibility index (Phi) is 6.55. The second-order valence-electron chi connectivity index (χ2n) is 10.0. The molecule has 2 aromatic heterocycles. The van der Waals surface area contributed by atoms with Gasteiger partial charge >= 0.3 is 5.97 Å². The lowest BCUT2D eigenvalue weighted by Gasteiger charge is -2.40. The minimum atomic E-state index is -1.74. The van der Waals surface area contributed by atoms with E-state index in [1.165, 1.54) is 22.7 Å². The molecule has 34 heavy (non-hydrogen) atoms. The van der Waals surface area contributed by atoms with Gasteiger partial charge in [0.2, 0.25) is 5.60 Å². The molecule has 5 nitrogen and oxygen atoms in total. The number of thiophene rings is 2. The summed E-state index contributed by atoms with van der Waals surface area (Å²) in [6.45, 7) is 1.53. The predicted octanol–water partition coefficient (Wildman–Crippen LogP) is 4.91. The third-order valence-electron chi connectivity index (χ3n) is 7.67. The predicted molar refractivity (Wildman–Crippen MR) is 135 cm³/mol. The molecule has 0 aliphatic heterocycles. The van der Waals surface area contributed by atoms with Gasteiger partial charge in [0.1, 0.15) is 25.0 Å². The Morgan fingerprint density at radius 2 is 1.71 bits per heavy atom. The Morgan fingerprint density at radius 3 is 2.32 bits per heavy atom. The molecule has 5 rings (SSSR count). The van der Waals surface area contributed by atoms with Gasteiger partial charge in [0.25, 0.3) is 0 Å². The highest BCUT2D eigenvalue weighted by molar-refractivity contribution is 7.12. The summed E-state index contributed by atoms with van der Waals surface area (Å²) in [6.07, 6.45) is 3.04. The average Bonchev–Trinajstić information content (AvgIpc) is 3.65. The van der Waals surface area contributed by atoms with Crippen LogP contribution in [0.1, 0.15) is 29.0 Å². The molecule has 2 aliphatic carbocycles. The lowest BCUT2D eigenvalue weighted by atomic mass is 9.93. The number of carbonyl (C=O) groups is 1. The van der Waals surface area contributed by atoms with Crippen molar-refractivity contribution in [1.82, 2.24) is 0 Å². The fraction of sp³-hybridized carbons (Fsp3) is 0.444. The second kappa shape index (κ2) is 9.46. The number of para-hydroxylation sites is 1. The molecule has 2 bridgehead atoms. The number of rotatable bonds is 9. The largest absolute Gasteiger partial charge is 0.488 e. The van der Waals surface area contributed by atoms with Gasteiger partial charge in [-0.3, -0.25) is 0 Å². The monoisotopic (exact) mass is 498 g/mol. The maximum atomic E-state index is 13.5.